The summed E-state index contributed by atoms with van der Waals surface area (Å²) in [4.78, 5) is 43.2. The predicted molar refractivity (Wildman–Crippen MR) is 57.8 cm³/mol. The summed E-state index contributed by atoms with van der Waals surface area (Å²) in [5.74, 6) is -3.35. The molecular formula is C9H14N4O5Tc-2. The number of carbonyl (C=O) groups excluding carboxylic acids is 4. The molecule has 0 rings (SSSR count). The summed E-state index contributed by atoms with van der Waals surface area (Å²) in [6.45, 7) is -0.0192. The Bertz CT molecular complexity index is 350. The third-order valence-electron chi connectivity index (χ3n) is 1.78. The molecule has 1 radical (unpaired) electrons. The van der Waals surface area contributed by atoms with E-state index in [9.17, 15) is 24.3 Å². The maximum atomic E-state index is 11.1. The second kappa shape index (κ2) is 10.4. The van der Waals surface area contributed by atoms with Crippen molar-refractivity contribution in [2.24, 2.45) is 0 Å². The van der Waals surface area contributed by atoms with E-state index < -0.39 is 42.8 Å². The standard InChI is InChI=1S/C9H15N4O5.Tc/c1-5(9(17)18)13-8(16)4-12-7(15)3-11-6(14)2-10;/h5,10H,2-4H2,1H3,(H,11,14)(H,12,15)(H,13,16)(H,17,18);/q-1;/p-1/t5-;/m0./s1/i;1+1. The average Bonchev–Trinajstić information content (AvgIpc) is 2.32. The van der Waals surface area contributed by atoms with Crippen LogP contribution in [-0.4, -0.2) is 49.4 Å². The minimum Gasteiger partial charge on any atom is -0.670 e. The summed E-state index contributed by atoms with van der Waals surface area (Å²) in [6, 6.07) is -1.16. The van der Waals surface area contributed by atoms with E-state index in [1.165, 1.54) is 6.92 Å². The van der Waals surface area contributed by atoms with Crippen LogP contribution in [0.5, 0.6) is 0 Å². The van der Waals surface area contributed by atoms with Gasteiger partial charge in [0.2, 0.25) is 11.8 Å². The van der Waals surface area contributed by atoms with Crippen LogP contribution in [0.1, 0.15) is 6.92 Å². The Kier molecular flexibility index (Phi) is 10.9. The zero-order valence-electron chi connectivity index (χ0n) is 10.1. The molecule has 0 aliphatic rings. The molecule has 0 aliphatic heterocycles. The van der Waals surface area contributed by atoms with Crippen LogP contribution in [0, 0.1) is 0 Å². The van der Waals surface area contributed by atoms with Crippen LogP contribution in [-0.2, 0) is 39.3 Å². The van der Waals surface area contributed by atoms with Gasteiger partial charge in [0.05, 0.1) is 25.1 Å². The van der Waals surface area contributed by atoms with Crippen LogP contribution < -0.4 is 21.1 Å². The first-order valence-corrected chi connectivity index (χ1v) is 5.05. The van der Waals surface area contributed by atoms with Crippen LogP contribution in [0.2, 0.25) is 0 Å². The Hall–Kier alpha value is -1.51. The second-order valence-electron chi connectivity index (χ2n) is 3.34. The summed E-state index contributed by atoms with van der Waals surface area (Å²) in [5.41, 5.74) is 6.67. The largest absolute Gasteiger partial charge is 0.670 e. The number of hydrogen-bond acceptors (Lipinski definition) is 5. The minimum absolute atomic E-state index is 0. The molecule has 109 valence electrons. The maximum Gasteiger partial charge on any atom is 0.239 e. The van der Waals surface area contributed by atoms with Crippen molar-refractivity contribution in [2.45, 2.75) is 13.0 Å². The van der Waals surface area contributed by atoms with Gasteiger partial charge in [-0.25, -0.2) is 0 Å². The van der Waals surface area contributed by atoms with Gasteiger partial charge in [-0.15, -0.1) is 0 Å². The van der Waals surface area contributed by atoms with Gasteiger partial charge in [0.1, 0.15) is 0 Å². The van der Waals surface area contributed by atoms with Crippen molar-refractivity contribution >= 4 is 23.7 Å². The molecule has 0 unspecified atom stereocenters. The summed E-state index contributed by atoms with van der Waals surface area (Å²) in [7, 11) is 0. The van der Waals surface area contributed by atoms with E-state index in [4.69, 9.17) is 5.73 Å². The van der Waals surface area contributed by atoms with Crippen LogP contribution in [0.15, 0.2) is 0 Å². The normalized spacial score (nSPS) is 10.6. The molecule has 0 aromatic heterocycles. The van der Waals surface area contributed by atoms with Gasteiger partial charge in [0, 0.05) is 20.1 Å². The number of rotatable bonds is 7. The number of nitrogens with one attached hydrogen (secondary N) is 4. The molecule has 10 heteroatoms. The van der Waals surface area contributed by atoms with E-state index in [0.717, 1.165) is 0 Å². The van der Waals surface area contributed by atoms with Crippen molar-refractivity contribution in [1.82, 2.24) is 16.0 Å². The first kappa shape index (κ1) is 19.8. The molecule has 0 aromatic carbocycles. The van der Waals surface area contributed by atoms with Crippen LogP contribution in [0.25, 0.3) is 5.73 Å². The van der Waals surface area contributed by atoms with Crippen molar-refractivity contribution in [3.63, 3.8) is 0 Å². The van der Waals surface area contributed by atoms with Crippen LogP contribution >= 0.6 is 0 Å². The van der Waals surface area contributed by atoms with E-state index in [0.29, 0.717) is 0 Å². The van der Waals surface area contributed by atoms with Crippen molar-refractivity contribution in [1.29, 1.82) is 0 Å². The van der Waals surface area contributed by atoms with Gasteiger partial charge in [-0.05, 0) is 6.92 Å². The zero-order chi connectivity index (χ0) is 14.1. The first-order chi connectivity index (χ1) is 8.36. The number of amides is 3. The molecule has 3 amide bonds. The molecule has 0 aliphatic carbocycles. The van der Waals surface area contributed by atoms with Gasteiger partial charge >= 0.3 is 0 Å². The monoisotopic (exact) mass is 357 g/mol. The fourth-order valence-corrected chi connectivity index (χ4v) is 0.834. The molecule has 0 aromatic rings. The summed E-state index contributed by atoms with van der Waals surface area (Å²) >= 11 is 0. The van der Waals surface area contributed by atoms with Gasteiger partial charge in [-0.2, -0.15) is 0 Å². The van der Waals surface area contributed by atoms with Crippen LogP contribution in [0.3, 0.4) is 0 Å². The quantitative estimate of drug-likeness (QED) is 0.432. The molecule has 0 saturated heterocycles. The van der Waals surface area contributed by atoms with Gasteiger partial charge in [0.25, 0.3) is 0 Å². The number of aliphatic carboxylic acids is 1. The topological polar surface area (TPSA) is 151 Å². The Morgan fingerprint density at radius 3 is 2.00 bits per heavy atom. The molecule has 0 heterocycles. The summed E-state index contributed by atoms with van der Waals surface area (Å²) in [6.07, 6.45) is 0. The van der Waals surface area contributed by atoms with E-state index in [1.807, 2.05) is 0 Å². The molecule has 0 spiro atoms. The Labute approximate surface area is 123 Å². The van der Waals surface area contributed by atoms with E-state index in [1.54, 1.807) is 0 Å². The number of carbonyl (C=O) groups is 4. The summed E-state index contributed by atoms with van der Waals surface area (Å²) in [5, 5.41) is 16.7. The molecule has 0 fully saturated rings. The van der Waals surface area contributed by atoms with Gasteiger partial charge in [-0.3, -0.25) is 14.4 Å². The molecular weight excluding hydrogens is 343 g/mol. The molecule has 9 nitrogen and oxygen atoms in total. The molecule has 1 atom stereocenters. The zero-order valence-corrected chi connectivity index (χ0v) is 12.0. The van der Waals surface area contributed by atoms with Gasteiger partial charge in [-0.1, -0.05) is 6.54 Å². The van der Waals surface area contributed by atoms with E-state index in [-0.39, 0.29) is 26.7 Å². The van der Waals surface area contributed by atoms with Crippen molar-refractivity contribution in [3.05, 3.63) is 5.73 Å². The number of carboxylic acids is 1. The van der Waals surface area contributed by atoms with Gasteiger partial charge in [0.15, 0.2) is 5.91 Å². The Morgan fingerprint density at radius 2 is 1.53 bits per heavy atom. The predicted octanol–water partition coefficient (Wildman–Crippen LogP) is -3.48. The number of carboxylic acid groups (broad SMARTS) is 1. The molecule has 4 N–H and O–H groups in total. The average molecular weight is 357 g/mol. The van der Waals surface area contributed by atoms with Crippen molar-refractivity contribution in [3.8, 4) is 0 Å². The third kappa shape index (κ3) is 10.1. The van der Waals surface area contributed by atoms with E-state index >= 15 is 0 Å². The first-order valence-electron chi connectivity index (χ1n) is 5.05. The fourth-order valence-electron chi connectivity index (χ4n) is 0.834. The summed E-state index contributed by atoms with van der Waals surface area (Å²) < 4.78 is 0. The smallest absolute Gasteiger partial charge is 0.239 e. The van der Waals surface area contributed by atoms with Crippen molar-refractivity contribution in [2.75, 3.05) is 19.6 Å². The maximum absolute atomic E-state index is 11.1. The molecule has 0 saturated carbocycles. The second-order valence-corrected chi connectivity index (χ2v) is 3.34. The SMILES string of the molecule is C[C@H](NC(=O)CNC(=O)CNC(=O)C[NH-])C(=O)[O-].[99Tc]. The van der Waals surface area contributed by atoms with Gasteiger partial charge < -0.3 is 31.6 Å². The third-order valence-corrected chi connectivity index (χ3v) is 1.78. The Morgan fingerprint density at radius 1 is 1.05 bits per heavy atom. The Balaban J connectivity index is 0. The number of hydrogen-bond donors (Lipinski definition) is 3. The molecule has 0 bridgehead atoms. The minimum atomic E-state index is -1.43. The molecule has 19 heavy (non-hydrogen) atoms. The van der Waals surface area contributed by atoms with E-state index in [2.05, 4.69) is 16.0 Å². The fraction of sp³-hybridized carbons (Fsp3) is 0.556. The van der Waals surface area contributed by atoms with Crippen molar-refractivity contribution < 1.29 is 44.4 Å². The van der Waals surface area contributed by atoms with Crippen LogP contribution in [0.4, 0.5) is 0 Å².